The van der Waals surface area contributed by atoms with Crippen molar-refractivity contribution < 1.29 is 9.59 Å². The van der Waals surface area contributed by atoms with Crippen molar-refractivity contribution in [1.29, 1.82) is 0 Å². The van der Waals surface area contributed by atoms with Crippen molar-refractivity contribution in [3.8, 4) is 0 Å². The summed E-state index contributed by atoms with van der Waals surface area (Å²) in [5, 5.41) is 12.0. The zero-order chi connectivity index (χ0) is 17.1. The van der Waals surface area contributed by atoms with E-state index in [2.05, 4.69) is 29.4 Å². The van der Waals surface area contributed by atoms with Crippen molar-refractivity contribution in [3.63, 3.8) is 0 Å². The molecule has 132 valence electrons. The van der Waals surface area contributed by atoms with Gasteiger partial charge in [-0.25, -0.2) is 0 Å². The van der Waals surface area contributed by atoms with Crippen molar-refractivity contribution in [2.24, 2.45) is 5.92 Å². The molecule has 1 saturated carbocycles. The third-order valence-corrected chi connectivity index (χ3v) is 7.00. The fourth-order valence-corrected chi connectivity index (χ4v) is 5.25. The van der Waals surface area contributed by atoms with Gasteiger partial charge in [0.25, 0.3) is 0 Å². The van der Waals surface area contributed by atoms with Crippen LogP contribution < -0.4 is 5.32 Å². The first kappa shape index (κ1) is 17.7. The molecule has 0 spiro atoms. The molecule has 0 aromatic carbocycles. The number of likely N-dealkylation sites (tertiary alicyclic amines) is 1. The zero-order valence-corrected chi connectivity index (χ0v) is 15.8. The molecule has 0 unspecified atom stereocenters. The van der Waals surface area contributed by atoms with Gasteiger partial charge < -0.3 is 10.2 Å². The molecule has 24 heavy (non-hydrogen) atoms. The van der Waals surface area contributed by atoms with Gasteiger partial charge in [-0.3, -0.25) is 9.59 Å². The highest BCUT2D eigenvalue weighted by molar-refractivity contribution is 8.01. The molecule has 1 aliphatic carbocycles. The summed E-state index contributed by atoms with van der Waals surface area (Å²) >= 11 is 3.07. The number of nitrogens with zero attached hydrogens (tertiary/aromatic N) is 3. The van der Waals surface area contributed by atoms with Crippen molar-refractivity contribution >= 4 is 40.0 Å². The molecule has 0 radical (unpaired) electrons. The van der Waals surface area contributed by atoms with Gasteiger partial charge in [-0.05, 0) is 19.3 Å². The quantitative estimate of drug-likeness (QED) is 0.617. The maximum atomic E-state index is 12.5. The summed E-state index contributed by atoms with van der Waals surface area (Å²) in [5.41, 5.74) is 0. The minimum Gasteiger partial charge on any atom is -0.339 e. The molecular formula is C16H24N4O2S2. The van der Waals surface area contributed by atoms with Crippen LogP contribution in [0.3, 0.4) is 0 Å². The lowest BCUT2D eigenvalue weighted by atomic mass is 10.1. The lowest BCUT2D eigenvalue weighted by Crippen LogP contribution is -2.35. The first-order valence-corrected chi connectivity index (χ1v) is 10.4. The monoisotopic (exact) mass is 368 g/mol. The number of hydrogen-bond acceptors (Lipinski definition) is 6. The maximum Gasteiger partial charge on any atom is 0.231 e. The third kappa shape index (κ3) is 4.08. The Morgan fingerprint density at radius 3 is 2.88 bits per heavy atom. The standard InChI is InChI=1S/C16H24N4O2S2/c1-3-10(2)23-16-19-18-15(24-16)17-14(22)11-8-13(21)20(9-11)12-6-4-5-7-12/h10-12H,3-9H2,1-2H3,(H,17,18,22)/t10-,11+/m0/s1. The van der Waals surface area contributed by atoms with Crippen LogP contribution in [0.15, 0.2) is 4.34 Å². The molecule has 2 atom stereocenters. The molecule has 2 fully saturated rings. The fraction of sp³-hybridized carbons (Fsp3) is 0.750. The molecule has 1 N–H and O–H groups in total. The first-order chi connectivity index (χ1) is 11.6. The van der Waals surface area contributed by atoms with Gasteiger partial charge in [0.1, 0.15) is 0 Å². The molecule has 3 rings (SSSR count). The highest BCUT2D eigenvalue weighted by Gasteiger charge is 2.38. The average molecular weight is 369 g/mol. The summed E-state index contributed by atoms with van der Waals surface area (Å²) < 4.78 is 0.870. The highest BCUT2D eigenvalue weighted by atomic mass is 32.2. The van der Waals surface area contributed by atoms with Gasteiger partial charge in [-0.2, -0.15) is 0 Å². The molecule has 8 heteroatoms. The fourth-order valence-electron chi connectivity index (χ4n) is 3.25. The number of amides is 2. The van der Waals surface area contributed by atoms with Gasteiger partial charge >= 0.3 is 0 Å². The molecule has 1 aliphatic heterocycles. The van der Waals surface area contributed by atoms with Crippen LogP contribution >= 0.6 is 23.1 Å². The lowest BCUT2D eigenvalue weighted by Gasteiger charge is -2.23. The number of aromatic nitrogens is 2. The van der Waals surface area contributed by atoms with E-state index in [1.54, 1.807) is 11.8 Å². The number of nitrogens with one attached hydrogen (secondary N) is 1. The normalized spacial score (nSPS) is 23.0. The van der Waals surface area contributed by atoms with Crippen LogP contribution in [-0.2, 0) is 9.59 Å². The average Bonchev–Trinajstić information content (AvgIpc) is 3.28. The van der Waals surface area contributed by atoms with Crippen LogP contribution in [0.25, 0.3) is 0 Å². The first-order valence-electron chi connectivity index (χ1n) is 8.67. The summed E-state index contributed by atoms with van der Waals surface area (Å²) in [4.78, 5) is 26.6. The summed E-state index contributed by atoms with van der Waals surface area (Å²) in [7, 11) is 0. The van der Waals surface area contributed by atoms with Gasteiger partial charge in [0.05, 0.1) is 5.92 Å². The Hall–Kier alpha value is -1.15. The van der Waals surface area contributed by atoms with E-state index < -0.39 is 0 Å². The minimum atomic E-state index is -0.271. The van der Waals surface area contributed by atoms with Gasteiger partial charge in [0.2, 0.25) is 16.9 Å². The molecule has 2 heterocycles. The van der Waals surface area contributed by atoms with E-state index >= 15 is 0 Å². The Kier molecular flexibility index (Phi) is 5.76. The number of carbonyl (C=O) groups excluding carboxylic acids is 2. The smallest absolute Gasteiger partial charge is 0.231 e. The lowest BCUT2D eigenvalue weighted by molar-refractivity contribution is -0.129. The second-order valence-corrected chi connectivity index (χ2v) is 9.25. The van der Waals surface area contributed by atoms with Crippen molar-refractivity contribution in [2.45, 2.75) is 68.0 Å². The molecule has 1 aromatic rings. The van der Waals surface area contributed by atoms with E-state index in [4.69, 9.17) is 0 Å². The Labute approximate surface area is 150 Å². The molecule has 1 aromatic heterocycles. The number of hydrogen-bond donors (Lipinski definition) is 1. The summed E-state index contributed by atoms with van der Waals surface area (Å²) in [6.07, 6.45) is 5.90. The summed E-state index contributed by atoms with van der Waals surface area (Å²) in [5.74, 6) is -0.264. The number of anilines is 1. The van der Waals surface area contributed by atoms with Gasteiger partial charge in [0, 0.05) is 24.3 Å². The van der Waals surface area contributed by atoms with E-state index in [-0.39, 0.29) is 17.7 Å². The van der Waals surface area contributed by atoms with Crippen LogP contribution in [-0.4, -0.2) is 44.7 Å². The van der Waals surface area contributed by atoms with E-state index in [0.29, 0.717) is 29.4 Å². The zero-order valence-electron chi connectivity index (χ0n) is 14.2. The highest BCUT2D eigenvalue weighted by Crippen LogP contribution is 2.32. The van der Waals surface area contributed by atoms with Gasteiger partial charge in [0.15, 0.2) is 4.34 Å². The van der Waals surface area contributed by atoms with E-state index in [1.807, 2.05) is 4.90 Å². The van der Waals surface area contributed by atoms with Crippen LogP contribution in [0.4, 0.5) is 5.13 Å². The molecular weight excluding hydrogens is 344 g/mol. The SMILES string of the molecule is CC[C@H](C)Sc1nnc(NC(=O)[C@@H]2CC(=O)N(C3CCCC3)C2)s1. The van der Waals surface area contributed by atoms with Crippen LogP contribution in [0, 0.1) is 5.92 Å². The van der Waals surface area contributed by atoms with Crippen molar-refractivity contribution in [3.05, 3.63) is 0 Å². The predicted octanol–water partition coefficient (Wildman–Crippen LogP) is 3.16. The largest absolute Gasteiger partial charge is 0.339 e. The third-order valence-electron chi connectivity index (χ3n) is 4.81. The molecule has 2 amide bonds. The minimum absolute atomic E-state index is 0.111. The molecule has 1 saturated heterocycles. The second-order valence-electron chi connectivity index (χ2n) is 6.58. The van der Waals surface area contributed by atoms with Crippen LogP contribution in [0.2, 0.25) is 0 Å². The van der Waals surface area contributed by atoms with Crippen molar-refractivity contribution in [1.82, 2.24) is 15.1 Å². The number of carbonyl (C=O) groups is 2. The van der Waals surface area contributed by atoms with Crippen molar-refractivity contribution in [2.75, 3.05) is 11.9 Å². The summed E-state index contributed by atoms with van der Waals surface area (Å²) in [6.45, 7) is 4.82. The molecule has 0 bridgehead atoms. The Bertz CT molecular complexity index is 601. The van der Waals surface area contributed by atoms with E-state index in [0.717, 1.165) is 23.6 Å². The Morgan fingerprint density at radius 2 is 2.17 bits per heavy atom. The van der Waals surface area contributed by atoms with Gasteiger partial charge in [-0.15, -0.1) is 10.2 Å². The molecule has 2 aliphatic rings. The number of thioether (sulfide) groups is 1. The van der Waals surface area contributed by atoms with E-state index in [9.17, 15) is 9.59 Å². The van der Waals surface area contributed by atoms with Crippen LogP contribution in [0.5, 0.6) is 0 Å². The predicted molar refractivity (Wildman–Crippen MR) is 96.2 cm³/mol. The Balaban J connectivity index is 1.54. The van der Waals surface area contributed by atoms with E-state index in [1.165, 1.54) is 24.2 Å². The van der Waals surface area contributed by atoms with Crippen LogP contribution in [0.1, 0.15) is 52.4 Å². The number of rotatable bonds is 6. The summed E-state index contributed by atoms with van der Waals surface area (Å²) in [6, 6.07) is 0.343. The topological polar surface area (TPSA) is 75.2 Å². The maximum absolute atomic E-state index is 12.5. The van der Waals surface area contributed by atoms with Gasteiger partial charge in [-0.1, -0.05) is 49.8 Å². The molecule has 6 nitrogen and oxygen atoms in total. The second kappa shape index (κ2) is 7.82. The Morgan fingerprint density at radius 1 is 1.42 bits per heavy atom.